The Morgan fingerprint density at radius 2 is 2.11 bits per heavy atom. The van der Waals surface area contributed by atoms with Gasteiger partial charge in [0.1, 0.15) is 11.5 Å². The summed E-state index contributed by atoms with van der Waals surface area (Å²) in [6, 6.07) is 5.14. The second-order valence-electron chi connectivity index (χ2n) is 3.70. The fourth-order valence-corrected chi connectivity index (χ4v) is 2.37. The summed E-state index contributed by atoms with van der Waals surface area (Å²) in [6.45, 7) is -2.72. The predicted molar refractivity (Wildman–Crippen MR) is 62.8 cm³/mol. The van der Waals surface area contributed by atoms with Gasteiger partial charge in [-0.05, 0) is 18.2 Å². The fourth-order valence-electron chi connectivity index (χ4n) is 1.20. The maximum atomic E-state index is 12.8. The van der Waals surface area contributed by atoms with Crippen LogP contribution in [-0.4, -0.2) is 32.6 Å². The number of halogens is 2. The number of aliphatic hydroxyl groups is 1. The van der Waals surface area contributed by atoms with Gasteiger partial charge in [0, 0.05) is 0 Å². The number of rotatable bonds is 5. The molecule has 4 N–H and O–H groups in total. The van der Waals surface area contributed by atoms with E-state index in [1.807, 2.05) is 0 Å². The lowest BCUT2D eigenvalue weighted by atomic mass is 10.2. The molecule has 0 spiro atoms. The van der Waals surface area contributed by atoms with Gasteiger partial charge < -0.3 is 10.8 Å². The van der Waals surface area contributed by atoms with E-state index in [-0.39, 0.29) is 11.3 Å². The number of aliphatic hydroxyl groups excluding tert-OH is 1. The summed E-state index contributed by atoms with van der Waals surface area (Å²) in [4.78, 5) is -0.403. The zero-order valence-electron chi connectivity index (χ0n) is 9.60. The van der Waals surface area contributed by atoms with Gasteiger partial charge in [0.25, 0.3) is 5.92 Å². The monoisotopic (exact) mass is 291 g/mol. The molecule has 1 aromatic rings. The molecule has 1 aromatic carbocycles. The van der Waals surface area contributed by atoms with Gasteiger partial charge in [-0.2, -0.15) is 5.26 Å². The summed E-state index contributed by atoms with van der Waals surface area (Å²) < 4.78 is 50.6. The Hall–Kier alpha value is -1.76. The van der Waals surface area contributed by atoms with E-state index in [1.54, 1.807) is 10.8 Å². The highest BCUT2D eigenvalue weighted by molar-refractivity contribution is 7.89. The Labute approximate surface area is 108 Å². The average Bonchev–Trinajstić information content (AvgIpc) is 2.36. The Morgan fingerprint density at radius 1 is 1.47 bits per heavy atom. The lowest BCUT2D eigenvalue weighted by Gasteiger charge is -2.15. The number of nitriles is 1. The number of nitrogens with one attached hydrogen (secondary N) is 1. The van der Waals surface area contributed by atoms with Gasteiger partial charge in [-0.25, -0.2) is 21.9 Å². The second kappa shape index (κ2) is 5.48. The SMILES string of the molecule is N#Cc1ccc(S(=O)(=O)NCC(F)(F)CO)c(N)c1. The minimum Gasteiger partial charge on any atom is -0.398 e. The molecule has 1 rings (SSSR count). The van der Waals surface area contributed by atoms with Crippen molar-refractivity contribution < 1.29 is 22.3 Å². The number of alkyl halides is 2. The summed E-state index contributed by atoms with van der Waals surface area (Å²) in [6.07, 6.45) is 0. The Morgan fingerprint density at radius 3 is 2.58 bits per heavy atom. The van der Waals surface area contributed by atoms with Crippen molar-refractivity contribution in [1.29, 1.82) is 5.26 Å². The van der Waals surface area contributed by atoms with Gasteiger partial charge in [-0.3, -0.25) is 0 Å². The number of nitrogens with zero attached hydrogens (tertiary/aromatic N) is 1. The molecule has 9 heteroatoms. The maximum Gasteiger partial charge on any atom is 0.283 e. The van der Waals surface area contributed by atoms with E-state index in [2.05, 4.69) is 0 Å². The van der Waals surface area contributed by atoms with Crippen molar-refractivity contribution in [2.24, 2.45) is 0 Å². The van der Waals surface area contributed by atoms with Crippen molar-refractivity contribution in [3.05, 3.63) is 23.8 Å². The lowest BCUT2D eigenvalue weighted by Crippen LogP contribution is -2.39. The lowest BCUT2D eigenvalue weighted by molar-refractivity contribution is -0.0437. The minimum atomic E-state index is -4.23. The molecule has 104 valence electrons. The van der Waals surface area contributed by atoms with Crippen LogP contribution in [0.2, 0.25) is 0 Å². The van der Waals surface area contributed by atoms with Crippen LogP contribution in [0.3, 0.4) is 0 Å². The zero-order valence-corrected chi connectivity index (χ0v) is 10.4. The van der Waals surface area contributed by atoms with E-state index < -0.39 is 34.0 Å². The van der Waals surface area contributed by atoms with Crippen molar-refractivity contribution >= 4 is 15.7 Å². The smallest absolute Gasteiger partial charge is 0.283 e. The topological polar surface area (TPSA) is 116 Å². The van der Waals surface area contributed by atoms with Crippen LogP contribution in [0.25, 0.3) is 0 Å². The first-order valence-corrected chi connectivity index (χ1v) is 6.48. The summed E-state index contributed by atoms with van der Waals surface area (Å²) >= 11 is 0. The van der Waals surface area contributed by atoms with Crippen LogP contribution < -0.4 is 10.5 Å². The van der Waals surface area contributed by atoms with E-state index in [0.717, 1.165) is 12.1 Å². The molecule has 0 saturated heterocycles. The molecule has 0 radical (unpaired) electrons. The van der Waals surface area contributed by atoms with Crippen LogP contribution in [0.15, 0.2) is 23.1 Å². The van der Waals surface area contributed by atoms with E-state index >= 15 is 0 Å². The molecule has 0 amide bonds. The normalized spacial score (nSPS) is 12.1. The highest BCUT2D eigenvalue weighted by Crippen LogP contribution is 2.20. The fraction of sp³-hybridized carbons (Fsp3) is 0.300. The van der Waals surface area contributed by atoms with Crippen molar-refractivity contribution in [3.63, 3.8) is 0 Å². The van der Waals surface area contributed by atoms with Crippen molar-refractivity contribution in [2.45, 2.75) is 10.8 Å². The summed E-state index contributed by atoms with van der Waals surface area (Å²) in [5, 5.41) is 16.9. The highest BCUT2D eigenvalue weighted by Gasteiger charge is 2.30. The van der Waals surface area contributed by atoms with E-state index in [4.69, 9.17) is 16.1 Å². The first-order chi connectivity index (χ1) is 8.72. The van der Waals surface area contributed by atoms with Crippen LogP contribution in [0.1, 0.15) is 5.56 Å². The number of benzene rings is 1. The molecule has 0 bridgehead atoms. The quantitative estimate of drug-likeness (QED) is 0.663. The van der Waals surface area contributed by atoms with Crippen LogP contribution in [0.5, 0.6) is 0 Å². The standard InChI is InChI=1S/C10H11F2N3O3S/c11-10(12,6-16)5-15-19(17,18)9-2-1-7(4-13)3-8(9)14/h1-3,15-16H,5-6,14H2. The largest absolute Gasteiger partial charge is 0.398 e. The third kappa shape index (κ3) is 3.85. The summed E-state index contributed by atoms with van der Waals surface area (Å²) in [7, 11) is -4.23. The summed E-state index contributed by atoms with van der Waals surface area (Å²) in [5.41, 5.74) is 5.37. The Balaban J connectivity index is 2.99. The Kier molecular flexibility index (Phi) is 4.41. The van der Waals surface area contributed by atoms with Crippen molar-refractivity contribution in [3.8, 4) is 6.07 Å². The number of nitrogen functional groups attached to an aromatic ring is 1. The second-order valence-corrected chi connectivity index (χ2v) is 5.44. The first kappa shape index (κ1) is 15.3. The number of hydrogen-bond acceptors (Lipinski definition) is 5. The molecule has 0 aliphatic heterocycles. The van der Waals surface area contributed by atoms with Gasteiger partial charge in [0.15, 0.2) is 0 Å². The maximum absolute atomic E-state index is 12.8. The minimum absolute atomic E-state index is 0.150. The molecule has 0 aliphatic carbocycles. The summed E-state index contributed by atoms with van der Waals surface area (Å²) in [5.74, 6) is -3.56. The number of nitrogens with two attached hydrogens (primary N) is 1. The van der Waals surface area contributed by atoms with Crippen molar-refractivity contribution in [1.82, 2.24) is 4.72 Å². The van der Waals surface area contributed by atoms with Crippen LogP contribution in [-0.2, 0) is 10.0 Å². The van der Waals surface area contributed by atoms with Gasteiger partial charge in [0.05, 0.1) is 23.9 Å². The molecule has 6 nitrogen and oxygen atoms in total. The zero-order chi connectivity index (χ0) is 14.7. The molecule has 0 aromatic heterocycles. The van der Waals surface area contributed by atoms with E-state index in [0.29, 0.717) is 0 Å². The predicted octanol–water partition coefficient (Wildman–Crippen LogP) is 0.0464. The molecule has 0 heterocycles. The van der Waals surface area contributed by atoms with E-state index in [1.165, 1.54) is 6.07 Å². The molecule has 0 atom stereocenters. The van der Waals surface area contributed by atoms with Crippen LogP contribution in [0.4, 0.5) is 14.5 Å². The van der Waals surface area contributed by atoms with Crippen molar-refractivity contribution in [2.75, 3.05) is 18.9 Å². The van der Waals surface area contributed by atoms with E-state index in [9.17, 15) is 17.2 Å². The molecule has 19 heavy (non-hydrogen) atoms. The number of sulfonamides is 1. The molecule has 0 aliphatic rings. The highest BCUT2D eigenvalue weighted by atomic mass is 32.2. The van der Waals surface area contributed by atoms with Gasteiger partial charge >= 0.3 is 0 Å². The first-order valence-electron chi connectivity index (χ1n) is 5.00. The number of hydrogen-bond donors (Lipinski definition) is 3. The average molecular weight is 291 g/mol. The Bertz CT molecular complexity index is 611. The number of anilines is 1. The molecular formula is C10H11F2N3O3S. The molecule has 0 fully saturated rings. The molecule has 0 unspecified atom stereocenters. The van der Waals surface area contributed by atoms with Gasteiger partial charge in [0.2, 0.25) is 10.0 Å². The third-order valence-electron chi connectivity index (χ3n) is 2.18. The van der Waals surface area contributed by atoms with Gasteiger partial charge in [-0.1, -0.05) is 0 Å². The van der Waals surface area contributed by atoms with Crippen LogP contribution in [0, 0.1) is 11.3 Å². The van der Waals surface area contributed by atoms with Gasteiger partial charge in [-0.15, -0.1) is 0 Å². The van der Waals surface area contributed by atoms with Crippen LogP contribution >= 0.6 is 0 Å². The molecule has 0 saturated carbocycles. The molecular weight excluding hydrogens is 280 g/mol. The third-order valence-corrected chi connectivity index (χ3v) is 3.66.